The number of H-pyrrole nitrogens is 1. The van der Waals surface area contributed by atoms with Crippen LogP contribution in [-0.4, -0.2) is 19.7 Å². The fourth-order valence-electron chi connectivity index (χ4n) is 2.61. The molecule has 0 unspecified atom stereocenters. The van der Waals surface area contributed by atoms with Crippen LogP contribution in [0.4, 0.5) is 18.9 Å². The number of aromatic amines is 1. The lowest BCUT2D eigenvalue weighted by Crippen LogP contribution is -2.07. The van der Waals surface area contributed by atoms with E-state index in [2.05, 4.69) is 20.4 Å². The summed E-state index contributed by atoms with van der Waals surface area (Å²) >= 11 is 0. The van der Waals surface area contributed by atoms with Crippen molar-refractivity contribution in [1.29, 1.82) is 0 Å². The third-order valence-corrected chi connectivity index (χ3v) is 3.84. The molecule has 5 nitrogen and oxygen atoms in total. The maximum Gasteiger partial charge on any atom is 0.416 e. The quantitative estimate of drug-likeness (QED) is 0.729. The molecule has 132 valence electrons. The van der Waals surface area contributed by atoms with Crippen molar-refractivity contribution in [1.82, 2.24) is 19.7 Å². The maximum absolute atomic E-state index is 12.7. The Morgan fingerprint density at radius 1 is 1.16 bits per heavy atom. The largest absolute Gasteiger partial charge is 0.416 e. The molecule has 0 amide bonds. The molecule has 0 saturated carbocycles. The van der Waals surface area contributed by atoms with E-state index in [1.807, 2.05) is 13.8 Å². The number of halogens is 3. The van der Waals surface area contributed by atoms with Crippen molar-refractivity contribution in [3.05, 3.63) is 59.4 Å². The molecule has 1 aromatic carbocycles. The third-order valence-electron chi connectivity index (χ3n) is 3.84. The molecule has 0 spiro atoms. The molecule has 3 aromatic rings. The van der Waals surface area contributed by atoms with Crippen molar-refractivity contribution in [2.24, 2.45) is 0 Å². The van der Waals surface area contributed by atoms with Gasteiger partial charge in [-0.25, -0.2) is 9.67 Å². The minimum atomic E-state index is -4.34. The fraction of sp³-hybridized carbons (Fsp3) is 0.294. The Hall–Kier alpha value is -2.77. The molecule has 8 heteroatoms. The van der Waals surface area contributed by atoms with Crippen LogP contribution in [0.2, 0.25) is 0 Å². The first-order valence-corrected chi connectivity index (χ1v) is 7.87. The monoisotopic (exact) mass is 349 g/mol. The third kappa shape index (κ3) is 3.67. The van der Waals surface area contributed by atoms with E-state index in [-0.39, 0.29) is 0 Å². The highest BCUT2D eigenvalue weighted by Crippen LogP contribution is 2.30. The number of nitrogens with one attached hydrogen (secondary N) is 2. The predicted octanol–water partition coefficient (Wildman–Crippen LogP) is 4.10. The summed E-state index contributed by atoms with van der Waals surface area (Å²) in [5.74, 6) is 0.807. The first-order chi connectivity index (χ1) is 11.9. The number of benzene rings is 1. The van der Waals surface area contributed by atoms with Gasteiger partial charge in [0.05, 0.1) is 35.4 Å². The highest BCUT2D eigenvalue weighted by molar-refractivity contribution is 5.50. The van der Waals surface area contributed by atoms with E-state index in [0.29, 0.717) is 18.7 Å². The molecule has 0 aliphatic rings. The van der Waals surface area contributed by atoms with E-state index in [9.17, 15) is 13.2 Å². The number of anilines is 1. The molecule has 0 radical (unpaired) electrons. The Labute approximate surface area is 142 Å². The Kier molecular flexibility index (Phi) is 4.52. The summed E-state index contributed by atoms with van der Waals surface area (Å²) in [5, 5.41) is 7.57. The molecule has 2 N–H and O–H groups in total. The van der Waals surface area contributed by atoms with Crippen molar-refractivity contribution in [2.75, 3.05) is 5.32 Å². The fourth-order valence-corrected chi connectivity index (χ4v) is 2.61. The number of hydrogen-bond donors (Lipinski definition) is 2. The average Bonchev–Trinajstić information content (AvgIpc) is 3.17. The summed E-state index contributed by atoms with van der Waals surface area (Å²) in [4.78, 5) is 7.37. The van der Waals surface area contributed by atoms with Gasteiger partial charge in [-0.1, -0.05) is 6.92 Å². The summed E-state index contributed by atoms with van der Waals surface area (Å²) in [7, 11) is 0. The lowest BCUT2D eigenvalue weighted by atomic mass is 10.2. The number of nitrogens with zero attached hydrogens (tertiary/aromatic N) is 3. The molecular formula is C17H18F3N5. The van der Waals surface area contributed by atoms with Crippen LogP contribution in [0, 0.1) is 6.92 Å². The van der Waals surface area contributed by atoms with E-state index >= 15 is 0 Å². The van der Waals surface area contributed by atoms with Crippen LogP contribution in [0.5, 0.6) is 0 Å². The number of aryl methyl sites for hydroxylation is 1. The van der Waals surface area contributed by atoms with Gasteiger partial charge in [0, 0.05) is 11.9 Å². The van der Waals surface area contributed by atoms with E-state index in [4.69, 9.17) is 0 Å². The normalized spacial score (nSPS) is 11.7. The minimum Gasteiger partial charge on any atom is -0.375 e. The van der Waals surface area contributed by atoms with Crippen molar-refractivity contribution < 1.29 is 13.2 Å². The van der Waals surface area contributed by atoms with Gasteiger partial charge in [0.25, 0.3) is 0 Å². The van der Waals surface area contributed by atoms with Crippen molar-refractivity contribution in [3.63, 3.8) is 0 Å². The Morgan fingerprint density at radius 2 is 1.88 bits per heavy atom. The molecule has 0 atom stereocenters. The summed E-state index contributed by atoms with van der Waals surface area (Å²) in [6, 6.07) is 4.98. The summed E-state index contributed by atoms with van der Waals surface area (Å²) in [6.45, 7) is 4.41. The second-order valence-corrected chi connectivity index (χ2v) is 5.68. The number of hydrogen-bond acceptors (Lipinski definition) is 3. The lowest BCUT2D eigenvalue weighted by molar-refractivity contribution is -0.137. The average molecular weight is 349 g/mol. The second-order valence-electron chi connectivity index (χ2n) is 5.68. The summed E-state index contributed by atoms with van der Waals surface area (Å²) in [5.41, 5.74) is 2.62. The smallest absolute Gasteiger partial charge is 0.375 e. The van der Waals surface area contributed by atoms with Gasteiger partial charge in [0.1, 0.15) is 5.82 Å². The van der Waals surface area contributed by atoms with Gasteiger partial charge in [0.15, 0.2) is 0 Å². The first-order valence-electron chi connectivity index (χ1n) is 7.87. The van der Waals surface area contributed by atoms with Gasteiger partial charge in [-0.05, 0) is 37.6 Å². The standard InChI is InChI=1S/C17H18F3N5/c1-3-15-14(21-10-16-22-8-11(2)24-16)9-23-25(15)13-6-4-12(5-7-13)17(18,19)20/h4-9,21H,3,10H2,1-2H3,(H,22,24). The Morgan fingerprint density at radius 3 is 2.44 bits per heavy atom. The number of imidazole rings is 1. The molecule has 0 saturated heterocycles. The number of alkyl halides is 3. The molecule has 0 fully saturated rings. The van der Waals surface area contributed by atoms with Crippen molar-refractivity contribution >= 4 is 5.69 Å². The molecular weight excluding hydrogens is 331 g/mol. The molecule has 2 aromatic heterocycles. The zero-order chi connectivity index (χ0) is 18.0. The van der Waals surface area contributed by atoms with Crippen LogP contribution in [0.3, 0.4) is 0 Å². The van der Waals surface area contributed by atoms with Gasteiger partial charge >= 0.3 is 6.18 Å². The van der Waals surface area contributed by atoms with Gasteiger partial charge < -0.3 is 10.3 Å². The lowest BCUT2D eigenvalue weighted by Gasteiger charge is -2.11. The van der Waals surface area contributed by atoms with Crippen LogP contribution in [-0.2, 0) is 19.1 Å². The molecule has 0 aliphatic carbocycles. The first kappa shape index (κ1) is 17.1. The molecule has 3 rings (SSSR count). The summed E-state index contributed by atoms with van der Waals surface area (Å²) < 4.78 is 39.7. The topological polar surface area (TPSA) is 58.5 Å². The highest BCUT2D eigenvalue weighted by Gasteiger charge is 2.30. The van der Waals surface area contributed by atoms with Crippen molar-refractivity contribution in [2.45, 2.75) is 33.0 Å². The minimum absolute atomic E-state index is 0.513. The van der Waals surface area contributed by atoms with Gasteiger partial charge in [-0.3, -0.25) is 0 Å². The van der Waals surface area contributed by atoms with Gasteiger partial charge in [-0.15, -0.1) is 0 Å². The van der Waals surface area contributed by atoms with E-state index in [0.717, 1.165) is 35.0 Å². The molecule has 25 heavy (non-hydrogen) atoms. The maximum atomic E-state index is 12.7. The number of rotatable bonds is 5. The Bertz CT molecular complexity index is 846. The van der Waals surface area contributed by atoms with Crippen LogP contribution in [0.15, 0.2) is 36.7 Å². The molecule has 2 heterocycles. The second kappa shape index (κ2) is 6.62. The highest BCUT2D eigenvalue weighted by atomic mass is 19.4. The van der Waals surface area contributed by atoms with E-state index < -0.39 is 11.7 Å². The van der Waals surface area contributed by atoms with Gasteiger partial charge in [-0.2, -0.15) is 18.3 Å². The SMILES string of the molecule is CCc1c(NCc2ncc(C)[nH]2)cnn1-c1ccc(C(F)(F)F)cc1. The van der Waals surface area contributed by atoms with E-state index in [1.165, 1.54) is 12.1 Å². The molecule has 0 aliphatic heterocycles. The van der Waals surface area contributed by atoms with Crippen LogP contribution in [0.1, 0.15) is 29.7 Å². The summed E-state index contributed by atoms with van der Waals surface area (Å²) in [6.07, 6.45) is -0.236. The van der Waals surface area contributed by atoms with Crippen molar-refractivity contribution in [3.8, 4) is 5.69 Å². The van der Waals surface area contributed by atoms with Crippen LogP contribution in [0.25, 0.3) is 5.69 Å². The van der Waals surface area contributed by atoms with Crippen LogP contribution < -0.4 is 5.32 Å². The number of aromatic nitrogens is 4. The Balaban J connectivity index is 1.81. The predicted molar refractivity (Wildman–Crippen MR) is 88.6 cm³/mol. The zero-order valence-corrected chi connectivity index (χ0v) is 13.9. The van der Waals surface area contributed by atoms with Crippen LogP contribution >= 0.6 is 0 Å². The van der Waals surface area contributed by atoms with Gasteiger partial charge in [0.2, 0.25) is 0 Å². The molecule has 0 bridgehead atoms. The van der Waals surface area contributed by atoms with E-state index in [1.54, 1.807) is 17.1 Å². The zero-order valence-electron chi connectivity index (χ0n) is 13.9.